The Morgan fingerprint density at radius 1 is 1.50 bits per heavy atom. The first-order valence-electron chi connectivity index (χ1n) is 5.96. The van der Waals surface area contributed by atoms with Crippen LogP contribution in [0.5, 0.6) is 0 Å². The first-order chi connectivity index (χ1) is 7.79. The van der Waals surface area contributed by atoms with E-state index < -0.39 is 0 Å². The van der Waals surface area contributed by atoms with Gasteiger partial charge in [-0.05, 0) is 38.1 Å². The summed E-state index contributed by atoms with van der Waals surface area (Å²) in [6, 6.07) is 2.08. The molecule has 0 aliphatic carbocycles. The number of rotatable bonds is 4. The van der Waals surface area contributed by atoms with Crippen molar-refractivity contribution in [1.29, 1.82) is 0 Å². The quantitative estimate of drug-likeness (QED) is 0.873. The molecule has 1 aromatic heterocycles. The molecule has 1 fully saturated rings. The monoisotopic (exact) mass is 237 g/mol. The number of aromatic nitrogens is 2. The fourth-order valence-corrected chi connectivity index (χ4v) is 3.13. The Labute approximate surface area is 101 Å². The Morgan fingerprint density at radius 2 is 2.38 bits per heavy atom. The van der Waals surface area contributed by atoms with Crippen LogP contribution in [0.3, 0.4) is 0 Å². The van der Waals surface area contributed by atoms with Crippen LogP contribution in [0.15, 0.2) is 6.07 Å². The molecule has 0 aromatic carbocycles. The zero-order valence-electron chi connectivity index (χ0n) is 9.99. The summed E-state index contributed by atoms with van der Waals surface area (Å²) >= 11 is 1.99. The summed E-state index contributed by atoms with van der Waals surface area (Å²) in [6.45, 7) is 6.00. The Balaban J connectivity index is 2.14. The summed E-state index contributed by atoms with van der Waals surface area (Å²) in [5, 5.41) is 3.84. The van der Waals surface area contributed by atoms with Crippen LogP contribution in [0.25, 0.3) is 0 Å². The fourth-order valence-electron chi connectivity index (χ4n) is 1.93. The summed E-state index contributed by atoms with van der Waals surface area (Å²) < 4.78 is 0. The molecule has 4 heteroatoms. The molecule has 2 heterocycles. The molecule has 1 aliphatic heterocycles. The van der Waals surface area contributed by atoms with E-state index in [-0.39, 0.29) is 0 Å². The van der Waals surface area contributed by atoms with Gasteiger partial charge in [-0.1, -0.05) is 6.92 Å². The van der Waals surface area contributed by atoms with Gasteiger partial charge in [0.05, 0.1) is 10.9 Å². The largest absolute Gasteiger partial charge is 0.311 e. The predicted molar refractivity (Wildman–Crippen MR) is 68.6 cm³/mol. The normalized spacial score (nSPS) is 20.2. The second-order valence-electron chi connectivity index (χ2n) is 4.14. The van der Waals surface area contributed by atoms with Crippen molar-refractivity contribution in [3.05, 3.63) is 23.3 Å². The maximum absolute atomic E-state index is 4.66. The lowest BCUT2D eigenvalue weighted by atomic mass is 10.2. The van der Waals surface area contributed by atoms with E-state index in [9.17, 15) is 0 Å². The van der Waals surface area contributed by atoms with Gasteiger partial charge >= 0.3 is 0 Å². The van der Waals surface area contributed by atoms with Crippen molar-refractivity contribution in [3.8, 4) is 0 Å². The Kier molecular flexibility index (Phi) is 4.18. The first-order valence-corrected chi connectivity index (χ1v) is 7.01. The number of hydrogen-bond acceptors (Lipinski definition) is 4. The lowest BCUT2D eigenvalue weighted by Gasteiger charge is -2.10. The van der Waals surface area contributed by atoms with Gasteiger partial charge < -0.3 is 5.32 Å². The van der Waals surface area contributed by atoms with Gasteiger partial charge in [0, 0.05) is 12.2 Å². The third kappa shape index (κ3) is 2.95. The first kappa shape index (κ1) is 11.9. The van der Waals surface area contributed by atoms with Crippen molar-refractivity contribution in [1.82, 2.24) is 15.3 Å². The van der Waals surface area contributed by atoms with Crippen LogP contribution >= 0.6 is 11.8 Å². The van der Waals surface area contributed by atoms with Crippen LogP contribution in [0.4, 0.5) is 0 Å². The Morgan fingerprint density at radius 3 is 3.06 bits per heavy atom. The molecule has 1 saturated heterocycles. The van der Waals surface area contributed by atoms with E-state index >= 15 is 0 Å². The lowest BCUT2D eigenvalue weighted by Crippen LogP contribution is -2.14. The van der Waals surface area contributed by atoms with Gasteiger partial charge in [-0.15, -0.1) is 0 Å². The van der Waals surface area contributed by atoms with Gasteiger partial charge in [0.1, 0.15) is 5.82 Å². The van der Waals surface area contributed by atoms with Crippen molar-refractivity contribution in [2.24, 2.45) is 0 Å². The van der Waals surface area contributed by atoms with E-state index in [0.717, 1.165) is 30.3 Å². The summed E-state index contributed by atoms with van der Waals surface area (Å²) in [7, 11) is 0. The highest BCUT2D eigenvalue weighted by Gasteiger charge is 2.20. The smallest absolute Gasteiger partial charge is 0.141 e. The molecule has 0 radical (unpaired) electrons. The number of aryl methyl sites for hydroxylation is 1. The molecule has 0 amide bonds. The van der Waals surface area contributed by atoms with Crippen LogP contribution in [0, 0.1) is 6.92 Å². The van der Waals surface area contributed by atoms with Crippen LogP contribution in [0.2, 0.25) is 0 Å². The summed E-state index contributed by atoms with van der Waals surface area (Å²) in [5.74, 6) is 2.29. The van der Waals surface area contributed by atoms with Crippen molar-refractivity contribution in [2.75, 3.05) is 12.3 Å². The van der Waals surface area contributed by atoms with Gasteiger partial charge in [-0.2, -0.15) is 11.8 Å². The lowest BCUT2D eigenvalue weighted by molar-refractivity contribution is 0.689. The molecule has 16 heavy (non-hydrogen) atoms. The molecular weight excluding hydrogens is 218 g/mol. The molecule has 1 unspecified atom stereocenters. The van der Waals surface area contributed by atoms with E-state index in [4.69, 9.17) is 0 Å². The molecule has 1 atom stereocenters. The number of thioether (sulfide) groups is 1. The van der Waals surface area contributed by atoms with E-state index in [2.05, 4.69) is 35.2 Å². The van der Waals surface area contributed by atoms with E-state index in [1.54, 1.807) is 0 Å². The van der Waals surface area contributed by atoms with Gasteiger partial charge in [0.2, 0.25) is 0 Å². The SMILES string of the molecule is CCNCc1cc(C)nc(C2CCCS2)n1. The maximum Gasteiger partial charge on any atom is 0.141 e. The van der Waals surface area contributed by atoms with Crippen LogP contribution in [-0.2, 0) is 6.54 Å². The van der Waals surface area contributed by atoms with Crippen molar-refractivity contribution < 1.29 is 0 Å². The highest BCUT2D eigenvalue weighted by molar-refractivity contribution is 7.99. The van der Waals surface area contributed by atoms with Gasteiger partial charge in [0.15, 0.2) is 0 Å². The Hall–Kier alpha value is -0.610. The molecule has 1 aromatic rings. The van der Waals surface area contributed by atoms with E-state index in [1.165, 1.54) is 18.6 Å². The summed E-state index contributed by atoms with van der Waals surface area (Å²) in [6.07, 6.45) is 2.53. The molecular formula is C12H19N3S. The standard InChI is InChI=1S/C12H19N3S/c1-3-13-8-10-7-9(2)14-12(15-10)11-5-4-6-16-11/h7,11,13H,3-6,8H2,1-2H3. The maximum atomic E-state index is 4.66. The minimum absolute atomic E-state index is 0.528. The highest BCUT2D eigenvalue weighted by Crippen LogP contribution is 2.38. The van der Waals surface area contributed by atoms with Gasteiger partial charge in [-0.3, -0.25) is 0 Å². The minimum Gasteiger partial charge on any atom is -0.311 e. The fraction of sp³-hybridized carbons (Fsp3) is 0.667. The molecule has 1 N–H and O–H groups in total. The molecule has 2 rings (SSSR count). The number of nitrogens with one attached hydrogen (secondary N) is 1. The van der Waals surface area contributed by atoms with Crippen LogP contribution in [0.1, 0.15) is 42.2 Å². The Bertz CT molecular complexity index is 348. The molecule has 1 aliphatic rings. The predicted octanol–water partition coefficient (Wildman–Crippen LogP) is 2.46. The van der Waals surface area contributed by atoms with Gasteiger partial charge in [-0.25, -0.2) is 9.97 Å². The number of nitrogens with zero attached hydrogens (tertiary/aromatic N) is 2. The molecule has 0 spiro atoms. The molecule has 88 valence electrons. The summed E-state index contributed by atoms with van der Waals surface area (Å²) in [5.41, 5.74) is 2.21. The summed E-state index contributed by atoms with van der Waals surface area (Å²) in [4.78, 5) is 9.22. The van der Waals surface area contributed by atoms with Crippen molar-refractivity contribution >= 4 is 11.8 Å². The second-order valence-corrected chi connectivity index (χ2v) is 5.45. The minimum atomic E-state index is 0.528. The topological polar surface area (TPSA) is 37.8 Å². The van der Waals surface area contributed by atoms with E-state index in [0.29, 0.717) is 5.25 Å². The van der Waals surface area contributed by atoms with Crippen LogP contribution in [-0.4, -0.2) is 22.3 Å². The van der Waals surface area contributed by atoms with Crippen molar-refractivity contribution in [2.45, 2.75) is 38.5 Å². The van der Waals surface area contributed by atoms with E-state index in [1.807, 2.05) is 11.8 Å². The molecule has 0 bridgehead atoms. The third-order valence-corrected chi connectivity index (χ3v) is 4.07. The van der Waals surface area contributed by atoms with Crippen molar-refractivity contribution in [3.63, 3.8) is 0 Å². The third-order valence-electron chi connectivity index (χ3n) is 2.70. The number of hydrogen-bond donors (Lipinski definition) is 1. The molecule has 0 saturated carbocycles. The average molecular weight is 237 g/mol. The zero-order chi connectivity index (χ0) is 11.4. The second kappa shape index (κ2) is 5.64. The van der Waals surface area contributed by atoms with Crippen LogP contribution < -0.4 is 5.32 Å². The zero-order valence-corrected chi connectivity index (χ0v) is 10.8. The van der Waals surface area contributed by atoms with Gasteiger partial charge in [0.25, 0.3) is 0 Å². The highest BCUT2D eigenvalue weighted by atomic mass is 32.2. The average Bonchev–Trinajstić information content (AvgIpc) is 2.79. The molecule has 3 nitrogen and oxygen atoms in total.